The minimum Gasteiger partial charge on any atom is -0.369 e. The highest BCUT2D eigenvalue weighted by molar-refractivity contribution is 6.10. The van der Waals surface area contributed by atoms with Crippen LogP contribution in [0.3, 0.4) is 0 Å². The summed E-state index contributed by atoms with van der Waals surface area (Å²) in [6.07, 6.45) is 0. The van der Waals surface area contributed by atoms with E-state index in [1.807, 2.05) is 24.3 Å². The van der Waals surface area contributed by atoms with Crippen LogP contribution in [0.5, 0.6) is 0 Å². The van der Waals surface area contributed by atoms with Crippen molar-refractivity contribution in [2.45, 2.75) is 19.9 Å². The summed E-state index contributed by atoms with van der Waals surface area (Å²) in [4.78, 5) is 4.84. The Morgan fingerprint density at radius 2 is 1.68 bits per heavy atom. The summed E-state index contributed by atoms with van der Waals surface area (Å²) >= 11 is 0. The van der Waals surface area contributed by atoms with E-state index in [0.717, 1.165) is 31.9 Å². The van der Waals surface area contributed by atoms with Gasteiger partial charge in [0.15, 0.2) is 0 Å². The van der Waals surface area contributed by atoms with Crippen LogP contribution in [-0.4, -0.2) is 42.8 Å². The molecule has 0 saturated carbocycles. The van der Waals surface area contributed by atoms with E-state index in [9.17, 15) is 0 Å². The Morgan fingerprint density at radius 1 is 1.09 bits per heavy atom. The lowest BCUT2D eigenvalue weighted by Crippen LogP contribution is -2.48. The smallest absolute Gasteiger partial charge is 0.237 e. The molecular weight excluding hydrogens is 276 g/mol. The summed E-state index contributed by atoms with van der Waals surface area (Å²) in [5.41, 5.74) is 4.47. The summed E-state index contributed by atoms with van der Waals surface area (Å²) in [6.45, 7) is 8.66. The summed E-state index contributed by atoms with van der Waals surface area (Å²) in [7, 11) is 0. The van der Waals surface area contributed by atoms with Crippen LogP contribution in [0.25, 0.3) is 0 Å². The van der Waals surface area contributed by atoms with Crippen LogP contribution in [-0.2, 0) is 0 Å². The molecule has 1 fully saturated rings. The van der Waals surface area contributed by atoms with Crippen molar-refractivity contribution in [3.05, 3.63) is 24.3 Å². The number of nitrogens with one attached hydrogen (secondary N) is 1. The van der Waals surface area contributed by atoms with Gasteiger partial charge in [0.2, 0.25) is 5.71 Å². The highest BCUT2D eigenvalue weighted by Gasteiger charge is 2.18. The van der Waals surface area contributed by atoms with Crippen molar-refractivity contribution in [3.8, 4) is 12.1 Å². The molecule has 6 nitrogen and oxygen atoms in total. The Bertz CT molecular complexity index is 581. The second-order valence-electron chi connectivity index (χ2n) is 5.46. The van der Waals surface area contributed by atoms with Crippen LogP contribution in [0.15, 0.2) is 29.4 Å². The number of anilines is 2. The predicted octanol–water partition coefficient (Wildman–Crippen LogP) is 2.03. The van der Waals surface area contributed by atoms with Crippen LogP contribution in [0.4, 0.5) is 11.4 Å². The molecule has 0 aromatic heterocycles. The molecule has 22 heavy (non-hydrogen) atoms. The Kier molecular flexibility index (Phi) is 5.35. The molecule has 1 aromatic carbocycles. The maximum atomic E-state index is 8.62. The van der Waals surface area contributed by atoms with Crippen LogP contribution in [0, 0.1) is 22.7 Å². The third-order valence-corrected chi connectivity index (χ3v) is 3.79. The van der Waals surface area contributed by atoms with Gasteiger partial charge in [-0.2, -0.15) is 15.6 Å². The molecule has 1 heterocycles. The molecule has 1 aliphatic heterocycles. The first kappa shape index (κ1) is 15.8. The average Bonchev–Trinajstić information content (AvgIpc) is 2.56. The van der Waals surface area contributed by atoms with Gasteiger partial charge in [0.1, 0.15) is 12.1 Å². The van der Waals surface area contributed by atoms with Gasteiger partial charge in [0, 0.05) is 37.9 Å². The van der Waals surface area contributed by atoms with Gasteiger partial charge in [-0.25, -0.2) is 0 Å². The van der Waals surface area contributed by atoms with E-state index in [2.05, 4.69) is 34.2 Å². The zero-order chi connectivity index (χ0) is 15.9. The zero-order valence-corrected chi connectivity index (χ0v) is 13.0. The molecule has 114 valence electrons. The number of rotatable bonds is 4. The first-order valence-electron chi connectivity index (χ1n) is 7.37. The van der Waals surface area contributed by atoms with Gasteiger partial charge in [-0.3, -0.25) is 10.3 Å². The molecule has 1 aromatic rings. The third kappa shape index (κ3) is 3.97. The summed E-state index contributed by atoms with van der Waals surface area (Å²) < 4.78 is 0. The number of hydrogen-bond donors (Lipinski definition) is 1. The molecule has 2 rings (SSSR count). The highest BCUT2D eigenvalue weighted by atomic mass is 15.3. The molecule has 0 bridgehead atoms. The van der Waals surface area contributed by atoms with E-state index in [1.54, 1.807) is 12.1 Å². The first-order chi connectivity index (χ1) is 10.6. The van der Waals surface area contributed by atoms with E-state index in [4.69, 9.17) is 10.5 Å². The fourth-order valence-electron chi connectivity index (χ4n) is 2.44. The van der Waals surface area contributed by atoms with Crippen molar-refractivity contribution < 1.29 is 0 Å². The van der Waals surface area contributed by atoms with E-state index < -0.39 is 0 Å². The van der Waals surface area contributed by atoms with Crippen molar-refractivity contribution in [1.82, 2.24) is 4.90 Å². The van der Waals surface area contributed by atoms with Crippen molar-refractivity contribution in [2.75, 3.05) is 36.5 Å². The van der Waals surface area contributed by atoms with E-state index in [1.165, 1.54) is 5.69 Å². The third-order valence-electron chi connectivity index (χ3n) is 3.79. The molecule has 6 heteroatoms. The molecule has 0 atom stereocenters. The maximum Gasteiger partial charge on any atom is 0.237 e. The molecule has 1 N–H and O–H groups in total. The topological polar surface area (TPSA) is 78.4 Å². The van der Waals surface area contributed by atoms with E-state index in [0.29, 0.717) is 6.04 Å². The largest absolute Gasteiger partial charge is 0.369 e. The minimum atomic E-state index is -0.186. The van der Waals surface area contributed by atoms with Gasteiger partial charge in [-0.1, -0.05) is 0 Å². The van der Waals surface area contributed by atoms with Crippen LogP contribution < -0.4 is 10.3 Å². The van der Waals surface area contributed by atoms with Crippen LogP contribution in [0.2, 0.25) is 0 Å². The van der Waals surface area contributed by atoms with Gasteiger partial charge < -0.3 is 4.90 Å². The fraction of sp³-hybridized carbons (Fsp3) is 0.438. The maximum absolute atomic E-state index is 8.62. The Balaban J connectivity index is 1.94. The minimum absolute atomic E-state index is 0.186. The molecule has 0 radical (unpaired) electrons. The highest BCUT2D eigenvalue weighted by Crippen LogP contribution is 2.20. The van der Waals surface area contributed by atoms with Gasteiger partial charge in [0.25, 0.3) is 0 Å². The standard InChI is InChI=1S/C16H20N6/c1-13(2)21-7-9-22(10-8-21)16-5-3-14(4-6-16)19-20-15(11-17)12-18/h3-6,13,19H,7-10H2,1-2H3. The van der Waals surface area contributed by atoms with Gasteiger partial charge in [0.05, 0.1) is 5.69 Å². The number of piperazine rings is 1. The molecule has 1 aliphatic rings. The number of hydrazone groups is 1. The average molecular weight is 296 g/mol. The summed E-state index contributed by atoms with van der Waals surface area (Å²) in [6, 6.07) is 11.9. The van der Waals surface area contributed by atoms with E-state index >= 15 is 0 Å². The lowest BCUT2D eigenvalue weighted by molar-refractivity contribution is 0.209. The number of nitrogens with zero attached hydrogens (tertiary/aromatic N) is 5. The Hall–Kier alpha value is -2.57. The number of hydrogen-bond acceptors (Lipinski definition) is 6. The van der Waals surface area contributed by atoms with Crippen LogP contribution in [0.1, 0.15) is 13.8 Å². The molecule has 0 amide bonds. The molecular formula is C16H20N6. The van der Waals surface area contributed by atoms with Gasteiger partial charge in [-0.05, 0) is 38.1 Å². The molecule has 0 unspecified atom stereocenters. The summed E-state index contributed by atoms with van der Waals surface area (Å²) in [5, 5.41) is 21.0. The van der Waals surface area contributed by atoms with E-state index in [-0.39, 0.29) is 5.71 Å². The zero-order valence-electron chi connectivity index (χ0n) is 13.0. The molecule has 0 aliphatic carbocycles. The van der Waals surface area contributed by atoms with Gasteiger partial charge >= 0.3 is 0 Å². The summed E-state index contributed by atoms with van der Waals surface area (Å²) in [5.74, 6) is 0. The second kappa shape index (κ2) is 7.44. The predicted molar refractivity (Wildman–Crippen MR) is 87.6 cm³/mol. The van der Waals surface area contributed by atoms with Crippen LogP contribution >= 0.6 is 0 Å². The number of benzene rings is 1. The second-order valence-corrected chi connectivity index (χ2v) is 5.46. The first-order valence-corrected chi connectivity index (χ1v) is 7.37. The monoisotopic (exact) mass is 296 g/mol. The van der Waals surface area contributed by atoms with Crippen molar-refractivity contribution in [3.63, 3.8) is 0 Å². The molecule has 1 saturated heterocycles. The Labute approximate surface area is 131 Å². The Morgan fingerprint density at radius 3 is 2.18 bits per heavy atom. The lowest BCUT2D eigenvalue weighted by Gasteiger charge is -2.38. The normalized spacial score (nSPS) is 15.0. The quantitative estimate of drug-likeness (QED) is 0.679. The van der Waals surface area contributed by atoms with Crippen molar-refractivity contribution in [2.24, 2.45) is 5.10 Å². The molecule has 0 spiro atoms. The van der Waals surface area contributed by atoms with Crippen molar-refractivity contribution in [1.29, 1.82) is 10.5 Å². The fourth-order valence-corrected chi connectivity index (χ4v) is 2.44. The lowest BCUT2D eigenvalue weighted by atomic mass is 10.2. The number of nitriles is 2. The van der Waals surface area contributed by atoms with Crippen molar-refractivity contribution >= 4 is 17.1 Å². The van der Waals surface area contributed by atoms with Gasteiger partial charge in [-0.15, -0.1) is 0 Å². The SMILES string of the molecule is CC(C)N1CCN(c2ccc(NN=C(C#N)C#N)cc2)CC1.